The van der Waals surface area contributed by atoms with Crippen LogP contribution in [-0.2, 0) is 14.3 Å². The lowest BCUT2D eigenvalue weighted by molar-refractivity contribution is -0.158. The van der Waals surface area contributed by atoms with Gasteiger partial charge in [0.05, 0.1) is 13.2 Å². The minimum atomic E-state index is -1.71. The molecule has 1 unspecified atom stereocenters. The molecule has 0 aliphatic heterocycles. The summed E-state index contributed by atoms with van der Waals surface area (Å²) >= 11 is 0. The number of rotatable bonds is 10. The van der Waals surface area contributed by atoms with Gasteiger partial charge in [0.1, 0.15) is 0 Å². The lowest BCUT2D eigenvalue weighted by Gasteiger charge is -2.17. The van der Waals surface area contributed by atoms with Gasteiger partial charge in [-0.25, -0.2) is 4.79 Å². The zero-order valence-electron chi connectivity index (χ0n) is 10.1. The predicted molar refractivity (Wildman–Crippen MR) is 59.4 cm³/mol. The zero-order valence-corrected chi connectivity index (χ0v) is 10.1. The zero-order chi connectivity index (χ0) is 12.4. The van der Waals surface area contributed by atoms with Gasteiger partial charge in [-0.3, -0.25) is 0 Å². The summed E-state index contributed by atoms with van der Waals surface area (Å²) in [5, 5.41) is 18.0. The van der Waals surface area contributed by atoms with Crippen LogP contribution in [-0.4, -0.2) is 48.2 Å². The number of aliphatic carboxylic acids is 1. The molecule has 0 aromatic heterocycles. The number of carboxylic acid groups (broad SMARTS) is 1. The van der Waals surface area contributed by atoms with Gasteiger partial charge in [-0.15, -0.1) is 0 Å². The van der Waals surface area contributed by atoms with Crippen molar-refractivity contribution in [3.05, 3.63) is 0 Å². The summed E-state index contributed by atoms with van der Waals surface area (Å²) in [4.78, 5) is 10.5. The minimum absolute atomic E-state index is 0.0806. The lowest BCUT2D eigenvalue weighted by Crippen LogP contribution is -2.36. The fraction of sp³-hybridized carbons (Fsp3) is 0.909. The van der Waals surface area contributed by atoms with Gasteiger partial charge in [0.2, 0.25) is 0 Å². The van der Waals surface area contributed by atoms with Crippen molar-refractivity contribution in [2.45, 2.75) is 38.7 Å². The van der Waals surface area contributed by atoms with E-state index in [1.165, 1.54) is 6.92 Å². The molecule has 0 aliphatic rings. The van der Waals surface area contributed by atoms with E-state index in [2.05, 4.69) is 6.92 Å². The molecule has 0 aromatic rings. The molecular formula is C11H22O5. The van der Waals surface area contributed by atoms with Crippen LogP contribution in [0, 0.1) is 0 Å². The highest BCUT2D eigenvalue weighted by Crippen LogP contribution is 2.08. The standard InChI is InChI=1S/C11H22O5/c1-3-4-6-15-8-9-16-7-5-11(2,14)10(12)13/h14H,3-9H2,1-2H3,(H,12,13). The van der Waals surface area contributed by atoms with Gasteiger partial charge < -0.3 is 19.7 Å². The second-order valence-corrected chi connectivity index (χ2v) is 3.91. The van der Waals surface area contributed by atoms with E-state index in [1.807, 2.05) is 0 Å². The number of hydrogen-bond acceptors (Lipinski definition) is 4. The van der Waals surface area contributed by atoms with E-state index < -0.39 is 11.6 Å². The van der Waals surface area contributed by atoms with Crippen molar-refractivity contribution in [2.24, 2.45) is 0 Å². The molecule has 5 nitrogen and oxygen atoms in total. The molecule has 2 N–H and O–H groups in total. The molecule has 0 fully saturated rings. The molecule has 0 saturated carbocycles. The molecule has 0 heterocycles. The summed E-state index contributed by atoms with van der Waals surface area (Å²) in [7, 11) is 0. The second kappa shape index (κ2) is 8.50. The Balaban J connectivity index is 3.30. The molecule has 0 saturated heterocycles. The van der Waals surface area contributed by atoms with Crippen LogP contribution in [0.15, 0.2) is 0 Å². The first-order valence-corrected chi connectivity index (χ1v) is 5.62. The lowest BCUT2D eigenvalue weighted by atomic mass is 10.0. The van der Waals surface area contributed by atoms with Gasteiger partial charge in [0.15, 0.2) is 5.60 Å². The summed E-state index contributed by atoms with van der Waals surface area (Å²) in [6.07, 6.45) is 2.22. The molecule has 0 amide bonds. The summed E-state index contributed by atoms with van der Waals surface area (Å²) in [5.41, 5.74) is -1.71. The average molecular weight is 234 g/mol. The van der Waals surface area contributed by atoms with Crippen molar-refractivity contribution in [1.29, 1.82) is 0 Å². The first-order valence-electron chi connectivity index (χ1n) is 5.62. The van der Waals surface area contributed by atoms with Crippen LogP contribution < -0.4 is 0 Å². The van der Waals surface area contributed by atoms with Crippen molar-refractivity contribution in [2.75, 3.05) is 26.4 Å². The smallest absolute Gasteiger partial charge is 0.335 e. The van der Waals surface area contributed by atoms with E-state index in [-0.39, 0.29) is 13.0 Å². The first kappa shape index (κ1) is 15.3. The minimum Gasteiger partial charge on any atom is -0.479 e. The van der Waals surface area contributed by atoms with E-state index in [4.69, 9.17) is 14.6 Å². The van der Waals surface area contributed by atoms with Crippen LogP contribution in [0.5, 0.6) is 0 Å². The van der Waals surface area contributed by atoms with Gasteiger partial charge in [0, 0.05) is 19.6 Å². The number of unbranched alkanes of at least 4 members (excludes halogenated alkanes) is 1. The Kier molecular flexibility index (Phi) is 8.15. The molecule has 96 valence electrons. The molecule has 1 atom stereocenters. The monoisotopic (exact) mass is 234 g/mol. The van der Waals surface area contributed by atoms with Crippen molar-refractivity contribution < 1.29 is 24.5 Å². The molecule has 5 heteroatoms. The summed E-state index contributed by atoms with van der Waals surface area (Å²) in [6.45, 7) is 5.24. The maximum absolute atomic E-state index is 10.5. The Morgan fingerprint density at radius 1 is 1.19 bits per heavy atom. The topological polar surface area (TPSA) is 76.0 Å². The third kappa shape index (κ3) is 7.62. The number of carbonyl (C=O) groups is 1. The average Bonchev–Trinajstić information content (AvgIpc) is 2.21. The quantitative estimate of drug-likeness (QED) is 0.552. The Morgan fingerprint density at radius 3 is 2.25 bits per heavy atom. The first-order chi connectivity index (χ1) is 7.50. The summed E-state index contributed by atoms with van der Waals surface area (Å²) < 4.78 is 10.4. The van der Waals surface area contributed by atoms with Crippen LogP contribution in [0.25, 0.3) is 0 Å². The highest BCUT2D eigenvalue weighted by Gasteiger charge is 2.29. The van der Waals surface area contributed by atoms with Gasteiger partial charge in [0.25, 0.3) is 0 Å². The highest BCUT2D eigenvalue weighted by molar-refractivity contribution is 5.76. The summed E-state index contributed by atoms with van der Waals surface area (Å²) in [5.74, 6) is -1.23. The maximum atomic E-state index is 10.5. The molecule has 0 rings (SSSR count). The van der Waals surface area contributed by atoms with Crippen LogP contribution >= 0.6 is 0 Å². The van der Waals surface area contributed by atoms with E-state index >= 15 is 0 Å². The van der Waals surface area contributed by atoms with Gasteiger partial charge in [-0.2, -0.15) is 0 Å². The Morgan fingerprint density at radius 2 is 1.75 bits per heavy atom. The molecule has 0 spiro atoms. The van der Waals surface area contributed by atoms with Crippen molar-refractivity contribution >= 4 is 5.97 Å². The third-order valence-corrected chi connectivity index (χ3v) is 2.21. The van der Waals surface area contributed by atoms with E-state index in [0.29, 0.717) is 13.2 Å². The molecule has 0 bridgehead atoms. The highest BCUT2D eigenvalue weighted by atomic mass is 16.5. The van der Waals surface area contributed by atoms with Gasteiger partial charge >= 0.3 is 5.97 Å². The van der Waals surface area contributed by atoms with E-state index in [1.54, 1.807) is 0 Å². The molecule has 16 heavy (non-hydrogen) atoms. The SMILES string of the molecule is CCCCOCCOCCC(C)(O)C(=O)O. The van der Waals surface area contributed by atoms with Crippen LogP contribution in [0.4, 0.5) is 0 Å². The van der Waals surface area contributed by atoms with Crippen molar-refractivity contribution in [3.63, 3.8) is 0 Å². The van der Waals surface area contributed by atoms with Gasteiger partial charge in [-0.1, -0.05) is 13.3 Å². The summed E-state index contributed by atoms with van der Waals surface area (Å²) in [6, 6.07) is 0. The van der Waals surface area contributed by atoms with E-state index in [9.17, 15) is 9.90 Å². The third-order valence-electron chi connectivity index (χ3n) is 2.21. The molecule has 0 radical (unpaired) electrons. The van der Waals surface area contributed by atoms with Crippen LogP contribution in [0.1, 0.15) is 33.1 Å². The second-order valence-electron chi connectivity index (χ2n) is 3.91. The van der Waals surface area contributed by atoms with Gasteiger partial charge in [-0.05, 0) is 13.3 Å². The molecule has 0 aliphatic carbocycles. The number of hydrogen-bond donors (Lipinski definition) is 2. The number of ether oxygens (including phenoxy) is 2. The Bertz CT molecular complexity index is 191. The predicted octanol–water partition coefficient (Wildman–Crippen LogP) is 1.05. The molecule has 0 aromatic carbocycles. The van der Waals surface area contributed by atoms with Crippen LogP contribution in [0.2, 0.25) is 0 Å². The van der Waals surface area contributed by atoms with Crippen molar-refractivity contribution in [1.82, 2.24) is 0 Å². The largest absolute Gasteiger partial charge is 0.479 e. The number of aliphatic hydroxyl groups is 1. The Hall–Kier alpha value is -0.650. The van der Waals surface area contributed by atoms with Crippen molar-refractivity contribution in [3.8, 4) is 0 Å². The fourth-order valence-electron chi connectivity index (χ4n) is 0.946. The Labute approximate surface area is 96.4 Å². The maximum Gasteiger partial charge on any atom is 0.335 e. The normalized spacial score (nSPS) is 14.7. The fourth-order valence-corrected chi connectivity index (χ4v) is 0.946. The number of carboxylic acids is 1. The van der Waals surface area contributed by atoms with Crippen LogP contribution in [0.3, 0.4) is 0 Å². The molecular weight excluding hydrogens is 212 g/mol. The van der Waals surface area contributed by atoms with E-state index in [0.717, 1.165) is 19.4 Å².